The number of hydrogen-bond acceptors (Lipinski definition) is 7. The molecule has 0 aromatic carbocycles. The number of sulfone groups is 1. The Kier molecular flexibility index (Phi) is 5.67. The van der Waals surface area contributed by atoms with Crippen molar-refractivity contribution in [2.24, 2.45) is 0 Å². The highest BCUT2D eigenvalue weighted by Crippen LogP contribution is 2.24. The number of carbonyl (C=O) groups is 1. The average Bonchev–Trinajstić information content (AvgIpc) is 3.26. The maximum absolute atomic E-state index is 12.3. The summed E-state index contributed by atoms with van der Waals surface area (Å²) >= 11 is 3.18. The molecule has 2 aromatic heterocycles. The van der Waals surface area contributed by atoms with E-state index in [1.807, 2.05) is 29.8 Å². The van der Waals surface area contributed by atoms with E-state index in [0.717, 1.165) is 10.7 Å². The molecule has 2 atom stereocenters. The van der Waals surface area contributed by atoms with Crippen LogP contribution in [0.1, 0.15) is 21.6 Å². The Morgan fingerprint density at radius 3 is 2.88 bits per heavy atom. The SMILES string of the molecule is Cc1csc(C(Cc2cccs2)NC(=O)CNC2C=CS(=O)(=O)C2)n1. The van der Waals surface area contributed by atoms with E-state index in [4.69, 9.17) is 0 Å². The topological polar surface area (TPSA) is 88.2 Å². The van der Waals surface area contributed by atoms with Gasteiger partial charge < -0.3 is 10.6 Å². The molecule has 25 heavy (non-hydrogen) atoms. The molecule has 0 saturated carbocycles. The predicted molar refractivity (Wildman–Crippen MR) is 100 cm³/mol. The largest absolute Gasteiger partial charge is 0.345 e. The fourth-order valence-corrected chi connectivity index (χ4v) is 5.40. The number of aryl methyl sites for hydroxylation is 1. The Morgan fingerprint density at radius 1 is 1.44 bits per heavy atom. The molecule has 2 aromatic rings. The smallest absolute Gasteiger partial charge is 0.234 e. The third-order valence-corrected chi connectivity index (χ3v) is 7.08. The van der Waals surface area contributed by atoms with Crippen LogP contribution in [0.2, 0.25) is 0 Å². The van der Waals surface area contributed by atoms with Gasteiger partial charge in [-0.2, -0.15) is 0 Å². The summed E-state index contributed by atoms with van der Waals surface area (Å²) in [4.78, 5) is 18.0. The Hall–Kier alpha value is -1.55. The molecule has 0 fully saturated rings. The number of rotatable bonds is 7. The monoisotopic (exact) mass is 397 g/mol. The van der Waals surface area contributed by atoms with Gasteiger partial charge in [0, 0.05) is 33.8 Å². The van der Waals surface area contributed by atoms with E-state index in [0.29, 0.717) is 6.42 Å². The maximum atomic E-state index is 12.3. The third-order valence-electron chi connectivity index (χ3n) is 3.71. The fraction of sp³-hybridized carbons (Fsp3) is 0.375. The summed E-state index contributed by atoms with van der Waals surface area (Å²) in [5.74, 6) is -0.169. The highest BCUT2D eigenvalue weighted by molar-refractivity contribution is 7.94. The van der Waals surface area contributed by atoms with Crippen LogP contribution in [0.15, 0.2) is 34.4 Å². The van der Waals surface area contributed by atoms with Gasteiger partial charge in [-0.1, -0.05) is 12.1 Å². The van der Waals surface area contributed by atoms with Crippen LogP contribution in [-0.2, 0) is 21.1 Å². The molecule has 0 bridgehead atoms. The van der Waals surface area contributed by atoms with Crippen molar-refractivity contribution >= 4 is 38.4 Å². The van der Waals surface area contributed by atoms with Crippen molar-refractivity contribution in [1.29, 1.82) is 0 Å². The number of amides is 1. The van der Waals surface area contributed by atoms with E-state index in [1.165, 1.54) is 21.6 Å². The lowest BCUT2D eigenvalue weighted by Gasteiger charge is -2.17. The van der Waals surface area contributed by atoms with E-state index in [2.05, 4.69) is 15.6 Å². The fourth-order valence-electron chi connectivity index (χ4n) is 2.53. The molecule has 0 aliphatic carbocycles. The lowest BCUT2D eigenvalue weighted by atomic mass is 10.2. The zero-order valence-corrected chi connectivity index (χ0v) is 16.1. The van der Waals surface area contributed by atoms with Crippen LogP contribution in [0.3, 0.4) is 0 Å². The van der Waals surface area contributed by atoms with Gasteiger partial charge >= 0.3 is 0 Å². The molecule has 9 heteroatoms. The summed E-state index contributed by atoms with van der Waals surface area (Å²) in [5.41, 5.74) is 0.935. The van der Waals surface area contributed by atoms with Crippen LogP contribution in [-0.4, -0.2) is 37.6 Å². The van der Waals surface area contributed by atoms with E-state index < -0.39 is 9.84 Å². The second kappa shape index (κ2) is 7.77. The van der Waals surface area contributed by atoms with Crippen LogP contribution < -0.4 is 10.6 Å². The van der Waals surface area contributed by atoms with E-state index in [1.54, 1.807) is 17.4 Å². The quantitative estimate of drug-likeness (QED) is 0.744. The molecule has 0 radical (unpaired) electrons. The van der Waals surface area contributed by atoms with Crippen LogP contribution in [0.5, 0.6) is 0 Å². The van der Waals surface area contributed by atoms with Gasteiger partial charge in [0.25, 0.3) is 0 Å². The van der Waals surface area contributed by atoms with E-state index in [-0.39, 0.29) is 30.3 Å². The summed E-state index contributed by atoms with van der Waals surface area (Å²) in [7, 11) is -3.12. The molecule has 134 valence electrons. The number of thiazole rings is 1. The zero-order valence-electron chi connectivity index (χ0n) is 13.6. The highest BCUT2D eigenvalue weighted by atomic mass is 32.2. The van der Waals surface area contributed by atoms with Crippen molar-refractivity contribution in [3.63, 3.8) is 0 Å². The van der Waals surface area contributed by atoms with Gasteiger partial charge in [0.05, 0.1) is 18.3 Å². The normalized spacial score (nSPS) is 19.8. The number of carbonyl (C=O) groups excluding carboxylic acids is 1. The molecule has 3 rings (SSSR count). The number of thiophene rings is 1. The lowest BCUT2D eigenvalue weighted by Crippen LogP contribution is -2.41. The van der Waals surface area contributed by atoms with Gasteiger partial charge in [0.1, 0.15) is 5.01 Å². The summed E-state index contributed by atoms with van der Waals surface area (Å²) in [6.07, 6.45) is 2.27. The van der Waals surface area contributed by atoms with Gasteiger partial charge in [0.15, 0.2) is 9.84 Å². The van der Waals surface area contributed by atoms with Crippen LogP contribution in [0.25, 0.3) is 0 Å². The summed E-state index contributed by atoms with van der Waals surface area (Å²) < 4.78 is 22.8. The van der Waals surface area contributed by atoms with Crippen molar-refractivity contribution < 1.29 is 13.2 Å². The molecule has 6 nitrogen and oxygen atoms in total. The number of hydrogen-bond donors (Lipinski definition) is 2. The minimum Gasteiger partial charge on any atom is -0.345 e. The van der Waals surface area contributed by atoms with Crippen LogP contribution in [0.4, 0.5) is 0 Å². The minimum atomic E-state index is -3.12. The van der Waals surface area contributed by atoms with Gasteiger partial charge in [0.2, 0.25) is 5.91 Å². The van der Waals surface area contributed by atoms with Crippen molar-refractivity contribution in [3.8, 4) is 0 Å². The molecule has 0 saturated heterocycles. The van der Waals surface area contributed by atoms with Crippen LogP contribution >= 0.6 is 22.7 Å². The number of aromatic nitrogens is 1. The molecule has 3 heterocycles. The molecular formula is C16H19N3O3S3. The number of nitrogens with one attached hydrogen (secondary N) is 2. The van der Waals surface area contributed by atoms with Gasteiger partial charge in [-0.15, -0.1) is 22.7 Å². The van der Waals surface area contributed by atoms with Crippen molar-refractivity contribution in [3.05, 3.63) is 50.0 Å². The summed E-state index contributed by atoms with van der Waals surface area (Å²) in [6.45, 7) is 1.99. The Labute approximate surface area is 154 Å². The average molecular weight is 398 g/mol. The lowest BCUT2D eigenvalue weighted by molar-refractivity contribution is -0.121. The third kappa shape index (κ3) is 5.21. The first-order chi connectivity index (χ1) is 11.9. The summed E-state index contributed by atoms with van der Waals surface area (Å²) in [5, 5.41) is 12.0. The number of nitrogens with zero attached hydrogens (tertiary/aromatic N) is 1. The van der Waals surface area contributed by atoms with Gasteiger partial charge in [-0.05, 0) is 18.4 Å². The van der Waals surface area contributed by atoms with Crippen molar-refractivity contribution in [2.75, 3.05) is 12.3 Å². The second-order valence-corrected chi connectivity index (χ2v) is 9.73. The standard InChI is InChI=1S/C16H19N3O3S3/c1-11-9-24-16(18-11)14(7-13-3-2-5-23-13)19-15(20)8-17-12-4-6-25(21,22)10-12/h2-6,9,12,14,17H,7-8,10H2,1H3,(H,19,20). The predicted octanol–water partition coefficient (Wildman–Crippen LogP) is 1.81. The molecule has 1 aliphatic rings. The van der Waals surface area contributed by atoms with Crippen molar-refractivity contribution in [2.45, 2.75) is 25.4 Å². The van der Waals surface area contributed by atoms with Crippen LogP contribution in [0, 0.1) is 6.92 Å². The maximum Gasteiger partial charge on any atom is 0.234 e. The zero-order chi connectivity index (χ0) is 17.9. The first kappa shape index (κ1) is 18.2. The van der Waals surface area contributed by atoms with E-state index >= 15 is 0 Å². The Bertz CT molecular complexity index is 856. The Balaban J connectivity index is 1.59. The molecular weight excluding hydrogens is 378 g/mol. The first-order valence-electron chi connectivity index (χ1n) is 7.79. The molecule has 0 spiro atoms. The van der Waals surface area contributed by atoms with Crippen molar-refractivity contribution in [1.82, 2.24) is 15.6 Å². The molecule has 2 N–H and O–H groups in total. The minimum absolute atomic E-state index is 0.00454. The highest BCUT2D eigenvalue weighted by Gasteiger charge is 2.23. The molecule has 1 aliphatic heterocycles. The molecule has 1 amide bonds. The molecule has 2 unspecified atom stereocenters. The van der Waals surface area contributed by atoms with Gasteiger partial charge in [-0.3, -0.25) is 4.79 Å². The first-order valence-corrected chi connectivity index (χ1v) is 11.3. The Morgan fingerprint density at radius 2 is 2.28 bits per heavy atom. The van der Waals surface area contributed by atoms with E-state index in [9.17, 15) is 13.2 Å². The summed E-state index contributed by atoms with van der Waals surface area (Å²) in [6, 6.07) is 3.53. The second-order valence-electron chi connectivity index (χ2n) is 5.88. The van der Waals surface area contributed by atoms with Gasteiger partial charge in [-0.25, -0.2) is 13.4 Å².